The van der Waals surface area contributed by atoms with Gasteiger partial charge in [-0.05, 0) is 29.1 Å². The molecule has 120 valence electrons. The van der Waals surface area contributed by atoms with E-state index in [9.17, 15) is 4.79 Å². The third-order valence-electron chi connectivity index (χ3n) is 3.38. The number of nitrogens with one attached hydrogen (secondary N) is 1. The van der Waals surface area contributed by atoms with Crippen LogP contribution in [-0.4, -0.2) is 18.7 Å². The number of fused-ring (bicyclic) bond motifs is 1. The summed E-state index contributed by atoms with van der Waals surface area (Å²) in [5.41, 5.74) is 3.28. The molecule has 4 nitrogen and oxygen atoms in total. The van der Waals surface area contributed by atoms with Gasteiger partial charge in [0, 0.05) is 10.4 Å². The summed E-state index contributed by atoms with van der Waals surface area (Å²) in [7, 11) is 0. The van der Waals surface area contributed by atoms with Gasteiger partial charge in [0.25, 0.3) is 5.91 Å². The first-order valence-electron chi connectivity index (χ1n) is 7.40. The zero-order chi connectivity index (χ0) is 16.8. The van der Waals surface area contributed by atoms with E-state index in [1.54, 1.807) is 18.3 Å². The number of carbonyl (C=O) groups excluding carboxylic acids is 1. The largest absolute Gasteiger partial charge is 0.483 e. The Labute approximate surface area is 144 Å². The van der Waals surface area contributed by atoms with E-state index in [0.717, 1.165) is 16.3 Å². The second kappa shape index (κ2) is 7.62. The van der Waals surface area contributed by atoms with Gasteiger partial charge in [-0.3, -0.25) is 4.79 Å². The summed E-state index contributed by atoms with van der Waals surface area (Å²) in [6.45, 7) is -0.105. The summed E-state index contributed by atoms with van der Waals surface area (Å²) in [6.07, 6.45) is 1.55. The smallest absolute Gasteiger partial charge is 0.277 e. The van der Waals surface area contributed by atoms with Crippen LogP contribution in [-0.2, 0) is 4.79 Å². The predicted octanol–water partition coefficient (Wildman–Crippen LogP) is 4.02. The maximum absolute atomic E-state index is 11.8. The molecule has 0 unspecified atom stereocenters. The van der Waals surface area contributed by atoms with E-state index in [1.807, 2.05) is 54.6 Å². The molecule has 0 aliphatic carbocycles. The molecular weight excluding hydrogens is 324 g/mol. The number of hydrogen-bond acceptors (Lipinski definition) is 3. The number of hydrazone groups is 1. The van der Waals surface area contributed by atoms with Crippen molar-refractivity contribution in [2.45, 2.75) is 0 Å². The molecule has 0 radical (unpaired) electrons. The van der Waals surface area contributed by atoms with E-state index in [2.05, 4.69) is 10.5 Å². The molecule has 1 N–H and O–H groups in total. The molecule has 0 spiro atoms. The lowest BCUT2D eigenvalue weighted by Gasteiger charge is -2.08. The molecule has 3 aromatic carbocycles. The fraction of sp³-hybridized carbons (Fsp3) is 0.0526. The van der Waals surface area contributed by atoms with Gasteiger partial charge in [0.2, 0.25) is 0 Å². The van der Waals surface area contributed by atoms with Gasteiger partial charge >= 0.3 is 0 Å². The Kier molecular flexibility index (Phi) is 5.08. The van der Waals surface area contributed by atoms with E-state index in [4.69, 9.17) is 16.3 Å². The molecule has 0 aromatic heterocycles. The molecule has 0 aliphatic rings. The zero-order valence-electron chi connectivity index (χ0n) is 12.8. The molecule has 1 amide bonds. The summed E-state index contributed by atoms with van der Waals surface area (Å²) in [5, 5.41) is 6.59. The Balaban J connectivity index is 1.56. The lowest BCUT2D eigenvalue weighted by molar-refractivity contribution is -0.123. The van der Waals surface area contributed by atoms with Gasteiger partial charge in [0.15, 0.2) is 6.61 Å². The average molecular weight is 339 g/mol. The number of nitrogens with zero attached hydrogens (tertiary/aromatic N) is 1. The van der Waals surface area contributed by atoms with Crippen LogP contribution in [0.1, 0.15) is 5.56 Å². The van der Waals surface area contributed by atoms with Crippen molar-refractivity contribution in [3.05, 3.63) is 77.3 Å². The number of amides is 1. The average Bonchev–Trinajstić information content (AvgIpc) is 2.61. The maximum atomic E-state index is 11.8. The van der Waals surface area contributed by atoms with Crippen molar-refractivity contribution < 1.29 is 9.53 Å². The number of benzene rings is 3. The molecule has 3 aromatic rings. The summed E-state index contributed by atoms with van der Waals surface area (Å²) >= 11 is 5.81. The van der Waals surface area contributed by atoms with Gasteiger partial charge in [-0.1, -0.05) is 60.1 Å². The minimum atomic E-state index is -0.326. The highest BCUT2D eigenvalue weighted by Gasteiger charge is 2.04. The van der Waals surface area contributed by atoms with Gasteiger partial charge in [-0.2, -0.15) is 5.10 Å². The summed E-state index contributed by atoms with van der Waals surface area (Å²) in [4.78, 5) is 11.8. The number of hydrogen-bond donors (Lipinski definition) is 1. The molecule has 0 atom stereocenters. The van der Waals surface area contributed by atoms with Crippen molar-refractivity contribution in [3.8, 4) is 5.75 Å². The monoisotopic (exact) mass is 338 g/mol. The Morgan fingerprint density at radius 2 is 1.79 bits per heavy atom. The Bertz CT molecular complexity index is 871. The molecular formula is C19H15ClN2O2. The van der Waals surface area contributed by atoms with Gasteiger partial charge in [0.05, 0.1) is 6.21 Å². The van der Waals surface area contributed by atoms with Crippen molar-refractivity contribution in [2.24, 2.45) is 5.10 Å². The highest BCUT2D eigenvalue weighted by molar-refractivity contribution is 6.30. The second-order valence-electron chi connectivity index (χ2n) is 5.11. The first kappa shape index (κ1) is 16.0. The van der Waals surface area contributed by atoms with Gasteiger partial charge in [0.1, 0.15) is 5.75 Å². The van der Waals surface area contributed by atoms with Crippen molar-refractivity contribution in [1.82, 2.24) is 5.43 Å². The quantitative estimate of drug-likeness (QED) is 0.564. The van der Waals surface area contributed by atoms with E-state index in [-0.39, 0.29) is 12.5 Å². The lowest BCUT2D eigenvalue weighted by atomic mass is 10.1. The van der Waals surface area contributed by atoms with Crippen LogP contribution in [0.15, 0.2) is 71.8 Å². The first-order chi connectivity index (χ1) is 11.7. The summed E-state index contributed by atoms with van der Waals surface area (Å²) in [6, 6.07) is 20.7. The topological polar surface area (TPSA) is 50.7 Å². The van der Waals surface area contributed by atoms with Crippen LogP contribution < -0.4 is 10.2 Å². The van der Waals surface area contributed by atoms with Gasteiger partial charge in [-0.15, -0.1) is 0 Å². The molecule has 5 heteroatoms. The highest BCUT2D eigenvalue weighted by atomic mass is 35.5. The Morgan fingerprint density at radius 1 is 1.04 bits per heavy atom. The van der Waals surface area contributed by atoms with Crippen LogP contribution in [0.2, 0.25) is 5.02 Å². The van der Waals surface area contributed by atoms with Crippen LogP contribution in [0.5, 0.6) is 5.75 Å². The molecule has 0 aliphatic heterocycles. The summed E-state index contributed by atoms with van der Waals surface area (Å²) < 4.78 is 5.60. The third kappa shape index (κ3) is 4.12. The van der Waals surface area contributed by atoms with Crippen molar-refractivity contribution in [2.75, 3.05) is 6.61 Å². The zero-order valence-corrected chi connectivity index (χ0v) is 13.5. The van der Waals surface area contributed by atoms with Crippen molar-refractivity contribution >= 4 is 34.5 Å². The second-order valence-corrected chi connectivity index (χ2v) is 5.55. The first-order valence-corrected chi connectivity index (χ1v) is 7.78. The molecule has 0 heterocycles. The van der Waals surface area contributed by atoms with E-state index < -0.39 is 0 Å². The fourth-order valence-electron chi connectivity index (χ4n) is 2.22. The Morgan fingerprint density at radius 3 is 2.62 bits per heavy atom. The number of ether oxygens (including phenoxy) is 1. The van der Waals surface area contributed by atoms with Crippen LogP contribution in [0.4, 0.5) is 0 Å². The Hall–Kier alpha value is -2.85. The van der Waals surface area contributed by atoms with Crippen LogP contribution >= 0.6 is 11.6 Å². The summed E-state index contributed by atoms with van der Waals surface area (Å²) in [5.74, 6) is 0.345. The number of halogens is 1. The fourth-order valence-corrected chi connectivity index (χ4v) is 2.35. The van der Waals surface area contributed by atoms with E-state index in [0.29, 0.717) is 10.8 Å². The molecule has 0 fully saturated rings. The molecule has 0 bridgehead atoms. The number of rotatable bonds is 5. The third-order valence-corrected chi connectivity index (χ3v) is 3.63. The van der Waals surface area contributed by atoms with Crippen molar-refractivity contribution in [3.63, 3.8) is 0 Å². The normalized spacial score (nSPS) is 10.9. The standard InChI is InChI=1S/C19H15ClN2O2/c20-16-10-8-14(9-11-16)12-21-22-19(23)13-24-18-7-3-5-15-4-1-2-6-17(15)18/h1-12H,13H2,(H,22,23). The van der Waals surface area contributed by atoms with Gasteiger partial charge in [-0.25, -0.2) is 5.43 Å². The number of carbonyl (C=O) groups is 1. The minimum absolute atomic E-state index is 0.105. The van der Waals surface area contributed by atoms with Crippen LogP contribution in [0.3, 0.4) is 0 Å². The van der Waals surface area contributed by atoms with Crippen LogP contribution in [0, 0.1) is 0 Å². The predicted molar refractivity (Wildman–Crippen MR) is 96.6 cm³/mol. The maximum Gasteiger partial charge on any atom is 0.277 e. The SMILES string of the molecule is O=C(COc1cccc2ccccc12)NN=Cc1ccc(Cl)cc1. The van der Waals surface area contributed by atoms with Crippen molar-refractivity contribution in [1.29, 1.82) is 0 Å². The molecule has 0 saturated heterocycles. The highest BCUT2D eigenvalue weighted by Crippen LogP contribution is 2.24. The molecule has 0 saturated carbocycles. The van der Waals surface area contributed by atoms with Gasteiger partial charge < -0.3 is 4.74 Å². The van der Waals surface area contributed by atoms with Crippen LogP contribution in [0.25, 0.3) is 10.8 Å². The minimum Gasteiger partial charge on any atom is -0.483 e. The molecule has 24 heavy (non-hydrogen) atoms. The van der Waals surface area contributed by atoms with E-state index in [1.165, 1.54) is 0 Å². The molecule has 3 rings (SSSR count). The lowest BCUT2D eigenvalue weighted by Crippen LogP contribution is -2.24. The van der Waals surface area contributed by atoms with E-state index >= 15 is 0 Å².